The van der Waals surface area contributed by atoms with Gasteiger partial charge in [-0.05, 0) is 37.0 Å². The molecular formula is C15H19NO3S. The molecule has 1 fully saturated rings. The molecule has 108 valence electrons. The van der Waals surface area contributed by atoms with Crippen molar-refractivity contribution in [1.82, 2.24) is 0 Å². The molecule has 0 aromatic heterocycles. The number of benzene rings is 1. The maximum atomic E-state index is 12.3. The molecule has 5 heteroatoms. The summed E-state index contributed by atoms with van der Waals surface area (Å²) in [4.78, 5) is 12.6. The molecule has 1 heterocycles. The highest BCUT2D eigenvalue weighted by Gasteiger charge is 2.31. The lowest BCUT2D eigenvalue weighted by Gasteiger charge is -2.34. The van der Waals surface area contributed by atoms with Crippen molar-refractivity contribution < 1.29 is 13.6 Å². The first-order chi connectivity index (χ1) is 9.65. The van der Waals surface area contributed by atoms with Gasteiger partial charge in [-0.15, -0.1) is 0 Å². The van der Waals surface area contributed by atoms with Crippen molar-refractivity contribution in [3.63, 3.8) is 0 Å². The standard InChI is InChI=1S/C15H19NO3S/c17-15-9-14(10-4-2-1-3-5-10)16-13-7-6-11(20(18)19)8-12(13)15/h6-8,10,14,16H,1-5,9H2,(H,18,19). The summed E-state index contributed by atoms with van der Waals surface area (Å²) in [5.74, 6) is 0.661. The van der Waals surface area contributed by atoms with E-state index >= 15 is 0 Å². The summed E-state index contributed by atoms with van der Waals surface area (Å²) in [5.41, 5.74) is 1.36. The van der Waals surface area contributed by atoms with E-state index < -0.39 is 11.1 Å². The van der Waals surface area contributed by atoms with E-state index in [0.29, 0.717) is 17.9 Å². The highest BCUT2D eigenvalue weighted by Crippen LogP contribution is 2.34. The smallest absolute Gasteiger partial charge is 0.186 e. The van der Waals surface area contributed by atoms with Crippen LogP contribution < -0.4 is 5.32 Å². The maximum absolute atomic E-state index is 12.3. The molecule has 2 unspecified atom stereocenters. The molecule has 2 atom stereocenters. The van der Waals surface area contributed by atoms with Crippen molar-refractivity contribution in [1.29, 1.82) is 0 Å². The van der Waals surface area contributed by atoms with Gasteiger partial charge in [0.1, 0.15) is 0 Å². The third-order valence-electron chi connectivity index (χ3n) is 4.46. The fraction of sp³-hybridized carbons (Fsp3) is 0.533. The molecule has 2 N–H and O–H groups in total. The van der Waals surface area contributed by atoms with Gasteiger partial charge in [0.25, 0.3) is 0 Å². The monoisotopic (exact) mass is 293 g/mol. The van der Waals surface area contributed by atoms with Crippen molar-refractivity contribution in [3.05, 3.63) is 23.8 Å². The summed E-state index contributed by atoms with van der Waals surface area (Å²) in [6.45, 7) is 0. The molecule has 1 aliphatic heterocycles. The largest absolute Gasteiger partial charge is 0.381 e. The van der Waals surface area contributed by atoms with Crippen LogP contribution >= 0.6 is 0 Å². The number of carbonyl (C=O) groups excluding carboxylic acids is 1. The van der Waals surface area contributed by atoms with Crippen molar-refractivity contribution in [2.75, 3.05) is 5.32 Å². The van der Waals surface area contributed by atoms with Gasteiger partial charge in [-0.3, -0.25) is 4.79 Å². The Balaban J connectivity index is 1.84. The molecular weight excluding hydrogens is 274 g/mol. The van der Waals surface area contributed by atoms with Crippen LogP contribution in [0.15, 0.2) is 23.1 Å². The summed E-state index contributed by atoms with van der Waals surface area (Å²) in [7, 11) is 0. The van der Waals surface area contributed by atoms with E-state index in [4.69, 9.17) is 4.55 Å². The summed E-state index contributed by atoms with van der Waals surface area (Å²) in [6.07, 6.45) is 6.70. The first kappa shape index (κ1) is 13.8. The van der Waals surface area contributed by atoms with Gasteiger partial charge in [0.2, 0.25) is 0 Å². The highest BCUT2D eigenvalue weighted by atomic mass is 32.2. The second kappa shape index (κ2) is 5.66. The summed E-state index contributed by atoms with van der Waals surface area (Å²) < 4.78 is 20.2. The number of rotatable bonds is 2. The molecule has 1 saturated carbocycles. The molecule has 20 heavy (non-hydrogen) atoms. The predicted molar refractivity (Wildman–Crippen MR) is 78.4 cm³/mol. The Bertz CT molecular complexity index is 552. The second-order valence-electron chi connectivity index (χ2n) is 5.73. The van der Waals surface area contributed by atoms with Crippen molar-refractivity contribution in [2.45, 2.75) is 49.5 Å². The molecule has 1 aliphatic carbocycles. The number of hydrogen-bond acceptors (Lipinski definition) is 3. The van der Waals surface area contributed by atoms with E-state index in [9.17, 15) is 9.00 Å². The lowest BCUT2D eigenvalue weighted by molar-refractivity contribution is 0.0957. The fourth-order valence-electron chi connectivity index (χ4n) is 3.37. The Kier molecular flexibility index (Phi) is 3.89. The molecule has 1 aromatic rings. The quantitative estimate of drug-likeness (QED) is 0.822. The van der Waals surface area contributed by atoms with Gasteiger partial charge in [-0.2, -0.15) is 0 Å². The molecule has 2 aliphatic rings. The molecule has 0 radical (unpaired) electrons. The molecule has 3 rings (SSSR count). The molecule has 4 nitrogen and oxygen atoms in total. The van der Waals surface area contributed by atoms with Crippen molar-refractivity contribution in [3.8, 4) is 0 Å². The minimum Gasteiger partial charge on any atom is -0.381 e. The van der Waals surface area contributed by atoms with Crippen LogP contribution in [-0.4, -0.2) is 20.6 Å². The van der Waals surface area contributed by atoms with Gasteiger partial charge in [-0.1, -0.05) is 19.3 Å². The zero-order valence-electron chi connectivity index (χ0n) is 11.3. The Morgan fingerprint density at radius 3 is 2.65 bits per heavy atom. The average Bonchev–Trinajstić information content (AvgIpc) is 2.47. The molecule has 1 aromatic carbocycles. The van der Waals surface area contributed by atoms with Crippen LogP contribution in [0.5, 0.6) is 0 Å². The number of anilines is 1. The zero-order valence-corrected chi connectivity index (χ0v) is 12.1. The number of carbonyl (C=O) groups is 1. The summed E-state index contributed by atoms with van der Waals surface area (Å²) >= 11 is -2.03. The second-order valence-corrected chi connectivity index (χ2v) is 6.70. The number of hydrogen-bond donors (Lipinski definition) is 2. The number of fused-ring (bicyclic) bond motifs is 1. The van der Waals surface area contributed by atoms with Crippen LogP contribution in [0.3, 0.4) is 0 Å². The van der Waals surface area contributed by atoms with Gasteiger partial charge < -0.3 is 9.87 Å². The Labute approximate surface area is 121 Å². The van der Waals surface area contributed by atoms with E-state index in [1.165, 1.54) is 38.2 Å². The molecule has 0 bridgehead atoms. The van der Waals surface area contributed by atoms with Gasteiger partial charge in [0.15, 0.2) is 16.9 Å². The average molecular weight is 293 g/mol. The van der Waals surface area contributed by atoms with E-state index in [1.54, 1.807) is 12.1 Å². The van der Waals surface area contributed by atoms with Gasteiger partial charge in [-0.25, -0.2) is 4.21 Å². The van der Waals surface area contributed by atoms with Crippen LogP contribution in [0.1, 0.15) is 48.9 Å². The summed E-state index contributed by atoms with van der Waals surface area (Å²) in [6, 6.07) is 5.13. The first-order valence-corrected chi connectivity index (χ1v) is 8.30. The van der Waals surface area contributed by atoms with Crippen LogP contribution in [0.4, 0.5) is 5.69 Å². The normalized spacial score (nSPS) is 24.9. The van der Waals surface area contributed by atoms with Crippen molar-refractivity contribution >= 4 is 22.6 Å². The molecule has 0 spiro atoms. The number of Topliss-reactive ketones (excluding diaryl/α,β-unsaturated/α-hetero) is 1. The minimum atomic E-state index is -2.03. The third kappa shape index (κ3) is 2.65. The lowest BCUT2D eigenvalue weighted by atomic mass is 9.80. The topological polar surface area (TPSA) is 66.4 Å². The van der Waals surface area contributed by atoms with Crippen molar-refractivity contribution in [2.24, 2.45) is 5.92 Å². The van der Waals surface area contributed by atoms with Crippen LogP contribution in [-0.2, 0) is 11.1 Å². The van der Waals surface area contributed by atoms with Crippen LogP contribution in [0, 0.1) is 5.92 Å². The fourth-order valence-corrected chi connectivity index (χ4v) is 3.77. The third-order valence-corrected chi connectivity index (χ3v) is 5.12. The molecule has 0 saturated heterocycles. The van der Waals surface area contributed by atoms with Gasteiger partial charge >= 0.3 is 0 Å². The Morgan fingerprint density at radius 2 is 1.95 bits per heavy atom. The Hall–Kier alpha value is -1.20. The zero-order chi connectivity index (χ0) is 14.1. The highest BCUT2D eigenvalue weighted by molar-refractivity contribution is 7.79. The predicted octanol–water partition coefficient (Wildman–Crippen LogP) is 3.21. The van der Waals surface area contributed by atoms with E-state index in [2.05, 4.69) is 5.32 Å². The molecule has 0 amide bonds. The number of ketones is 1. The number of nitrogens with one attached hydrogen (secondary N) is 1. The summed E-state index contributed by atoms with van der Waals surface area (Å²) in [5, 5.41) is 3.46. The van der Waals surface area contributed by atoms with E-state index in [-0.39, 0.29) is 16.7 Å². The Morgan fingerprint density at radius 1 is 1.20 bits per heavy atom. The minimum absolute atomic E-state index is 0.0848. The van der Waals surface area contributed by atoms with E-state index in [0.717, 1.165) is 5.69 Å². The lowest BCUT2D eigenvalue weighted by Crippen LogP contribution is -2.36. The van der Waals surface area contributed by atoms with Crippen LogP contribution in [0.2, 0.25) is 0 Å². The van der Waals surface area contributed by atoms with E-state index in [1.807, 2.05) is 0 Å². The maximum Gasteiger partial charge on any atom is 0.186 e. The SMILES string of the molecule is O=C1CC(C2CCCCC2)Nc2ccc(S(=O)O)cc21. The first-order valence-electron chi connectivity index (χ1n) is 7.20. The van der Waals surface area contributed by atoms with Gasteiger partial charge in [0.05, 0.1) is 4.90 Å². The van der Waals surface area contributed by atoms with Crippen LogP contribution in [0.25, 0.3) is 0 Å². The van der Waals surface area contributed by atoms with Gasteiger partial charge in [0, 0.05) is 23.7 Å².